The first-order valence-electron chi connectivity index (χ1n) is 4.59. The van der Waals surface area contributed by atoms with Gasteiger partial charge in [0.2, 0.25) is 0 Å². The highest BCUT2D eigenvalue weighted by Crippen LogP contribution is 2.23. The van der Waals surface area contributed by atoms with E-state index in [2.05, 4.69) is 41.9 Å². The van der Waals surface area contributed by atoms with Gasteiger partial charge in [-0.2, -0.15) is 0 Å². The largest absolute Gasteiger partial charge is 0.327 e. The van der Waals surface area contributed by atoms with E-state index in [1.165, 1.54) is 8.66 Å². The standard InChI is InChI=1S/C10H16BrNS/c1-7(2)9(12)5-3-8-4-6-10(11)13-8/h4,6-7,9H,3,5,12H2,1-2H3. The van der Waals surface area contributed by atoms with Crippen molar-refractivity contribution in [3.63, 3.8) is 0 Å². The normalized spacial score (nSPS) is 13.6. The van der Waals surface area contributed by atoms with Crippen molar-refractivity contribution in [3.8, 4) is 0 Å². The maximum atomic E-state index is 5.96. The molecule has 0 radical (unpaired) electrons. The number of hydrogen-bond donors (Lipinski definition) is 1. The topological polar surface area (TPSA) is 26.0 Å². The molecule has 0 aromatic carbocycles. The lowest BCUT2D eigenvalue weighted by Crippen LogP contribution is -2.26. The highest BCUT2D eigenvalue weighted by molar-refractivity contribution is 9.11. The molecule has 1 nitrogen and oxygen atoms in total. The van der Waals surface area contributed by atoms with Gasteiger partial charge >= 0.3 is 0 Å². The van der Waals surface area contributed by atoms with Crippen LogP contribution in [0.15, 0.2) is 15.9 Å². The van der Waals surface area contributed by atoms with Crippen molar-refractivity contribution in [2.24, 2.45) is 11.7 Å². The van der Waals surface area contributed by atoms with Crippen LogP contribution in [0.3, 0.4) is 0 Å². The van der Waals surface area contributed by atoms with Crippen molar-refractivity contribution in [2.45, 2.75) is 32.7 Å². The summed E-state index contributed by atoms with van der Waals surface area (Å²) in [7, 11) is 0. The van der Waals surface area contributed by atoms with Crippen LogP contribution in [0.4, 0.5) is 0 Å². The summed E-state index contributed by atoms with van der Waals surface area (Å²) in [4.78, 5) is 1.42. The minimum absolute atomic E-state index is 0.334. The molecule has 2 N–H and O–H groups in total. The molecule has 1 aromatic heterocycles. The van der Waals surface area contributed by atoms with Crippen LogP contribution in [0.2, 0.25) is 0 Å². The van der Waals surface area contributed by atoms with Crippen molar-refractivity contribution in [1.82, 2.24) is 0 Å². The Hall–Kier alpha value is 0.140. The summed E-state index contributed by atoms with van der Waals surface area (Å²) in [5.41, 5.74) is 5.96. The number of thiophene rings is 1. The van der Waals surface area contributed by atoms with Gasteiger partial charge in [-0.3, -0.25) is 0 Å². The van der Waals surface area contributed by atoms with Crippen molar-refractivity contribution < 1.29 is 0 Å². The maximum Gasteiger partial charge on any atom is 0.0701 e. The van der Waals surface area contributed by atoms with Crippen LogP contribution in [-0.2, 0) is 6.42 Å². The summed E-state index contributed by atoms with van der Waals surface area (Å²) in [6, 6.07) is 4.60. The third-order valence-electron chi connectivity index (χ3n) is 2.21. The molecular weight excluding hydrogens is 246 g/mol. The molecule has 0 aliphatic heterocycles. The zero-order valence-electron chi connectivity index (χ0n) is 8.09. The van der Waals surface area contributed by atoms with Crippen molar-refractivity contribution in [1.29, 1.82) is 0 Å². The predicted molar refractivity (Wildman–Crippen MR) is 63.2 cm³/mol. The molecule has 0 bridgehead atoms. The van der Waals surface area contributed by atoms with E-state index in [1.807, 2.05) is 0 Å². The van der Waals surface area contributed by atoms with Gasteiger partial charge in [-0.15, -0.1) is 11.3 Å². The summed E-state index contributed by atoms with van der Waals surface area (Å²) >= 11 is 5.26. The summed E-state index contributed by atoms with van der Waals surface area (Å²) in [6.45, 7) is 4.35. The summed E-state index contributed by atoms with van der Waals surface area (Å²) in [6.07, 6.45) is 2.19. The maximum absolute atomic E-state index is 5.96. The van der Waals surface area contributed by atoms with Gasteiger partial charge in [-0.25, -0.2) is 0 Å². The molecule has 0 aliphatic carbocycles. The molecule has 0 amide bonds. The Kier molecular flexibility index (Phi) is 4.42. The van der Waals surface area contributed by atoms with Gasteiger partial charge in [0.15, 0.2) is 0 Å². The Bertz CT molecular complexity index is 257. The molecule has 0 aliphatic rings. The van der Waals surface area contributed by atoms with Crippen LogP contribution in [-0.4, -0.2) is 6.04 Å². The van der Waals surface area contributed by atoms with E-state index in [-0.39, 0.29) is 0 Å². The highest BCUT2D eigenvalue weighted by Gasteiger charge is 2.07. The Morgan fingerprint density at radius 3 is 2.62 bits per heavy atom. The van der Waals surface area contributed by atoms with Crippen LogP contribution in [0.5, 0.6) is 0 Å². The predicted octanol–water partition coefficient (Wildman–Crippen LogP) is 3.43. The molecule has 0 saturated heterocycles. The lowest BCUT2D eigenvalue weighted by atomic mass is 10.0. The van der Waals surface area contributed by atoms with Crippen molar-refractivity contribution >= 4 is 27.3 Å². The molecule has 1 atom stereocenters. The fourth-order valence-electron chi connectivity index (χ4n) is 1.13. The van der Waals surface area contributed by atoms with Crippen LogP contribution in [0.25, 0.3) is 0 Å². The van der Waals surface area contributed by atoms with Gasteiger partial charge in [0.05, 0.1) is 3.79 Å². The monoisotopic (exact) mass is 261 g/mol. The first kappa shape index (κ1) is 11.2. The van der Waals surface area contributed by atoms with Crippen LogP contribution in [0, 0.1) is 5.92 Å². The van der Waals surface area contributed by atoms with E-state index < -0.39 is 0 Å². The molecule has 1 unspecified atom stereocenters. The quantitative estimate of drug-likeness (QED) is 0.883. The Morgan fingerprint density at radius 2 is 2.15 bits per heavy atom. The first-order valence-corrected chi connectivity index (χ1v) is 6.20. The third kappa shape index (κ3) is 3.79. The van der Waals surface area contributed by atoms with Gasteiger partial charge in [0, 0.05) is 10.9 Å². The second-order valence-electron chi connectivity index (χ2n) is 3.65. The molecule has 74 valence electrons. The van der Waals surface area contributed by atoms with E-state index in [0.717, 1.165) is 12.8 Å². The van der Waals surface area contributed by atoms with Gasteiger partial charge < -0.3 is 5.73 Å². The van der Waals surface area contributed by atoms with Gasteiger partial charge in [0.25, 0.3) is 0 Å². The molecular formula is C10H16BrNS. The second-order valence-corrected chi connectivity index (χ2v) is 6.20. The first-order chi connectivity index (χ1) is 6.09. The van der Waals surface area contributed by atoms with Gasteiger partial charge in [-0.1, -0.05) is 13.8 Å². The van der Waals surface area contributed by atoms with E-state index in [9.17, 15) is 0 Å². The molecule has 3 heteroatoms. The fourth-order valence-corrected chi connectivity index (χ4v) is 2.63. The number of nitrogens with two attached hydrogens (primary N) is 1. The zero-order chi connectivity index (χ0) is 9.84. The van der Waals surface area contributed by atoms with Crippen molar-refractivity contribution in [2.75, 3.05) is 0 Å². The Balaban J connectivity index is 2.35. The lowest BCUT2D eigenvalue weighted by Gasteiger charge is -2.14. The average molecular weight is 262 g/mol. The van der Waals surface area contributed by atoms with Gasteiger partial charge in [-0.05, 0) is 46.8 Å². The van der Waals surface area contributed by atoms with E-state index in [4.69, 9.17) is 5.73 Å². The minimum atomic E-state index is 0.334. The number of halogens is 1. The summed E-state index contributed by atoms with van der Waals surface area (Å²) in [5, 5.41) is 0. The molecule has 1 aromatic rings. The summed E-state index contributed by atoms with van der Waals surface area (Å²) < 4.78 is 1.21. The molecule has 1 rings (SSSR count). The molecule has 0 spiro atoms. The molecule has 0 fully saturated rings. The molecule has 13 heavy (non-hydrogen) atoms. The smallest absolute Gasteiger partial charge is 0.0701 e. The number of hydrogen-bond acceptors (Lipinski definition) is 2. The van der Waals surface area contributed by atoms with Crippen LogP contribution < -0.4 is 5.73 Å². The van der Waals surface area contributed by atoms with Crippen molar-refractivity contribution in [3.05, 3.63) is 20.8 Å². The summed E-state index contributed by atoms with van der Waals surface area (Å²) in [5.74, 6) is 0.586. The Morgan fingerprint density at radius 1 is 1.46 bits per heavy atom. The van der Waals surface area contributed by atoms with E-state index in [1.54, 1.807) is 11.3 Å². The Labute approximate surface area is 92.5 Å². The number of aryl methyl sites for hydroxylation is 1. The van der Waals surface area contributed by atoms with Crippen LogP contribution >= 0.6 is 27.3 Å². The minimum Gasteiger partial charge on any atom is -0.327 e. The SMILES string of the molecule is CC(C)C(N)CCc1ccc(Br)s1. The number of rotatable bonds is 4. The van der Waals surface area contributed by atoms with Gasteiger partial charge in [0.1, 0.15) is 0 Å². The fraction of sp³-hybridized carbons (Fsp3) is 0.600. The molecule has 1 heterocycles. The third-order valence-corrected chi connectivity index (χ3v) is 3.89. The van der Waals surface area contributed by atoms with E-state index >= 15 is 0 Å². The highest BCUT2D eigenvalue weighted by atomic mass is 79.9. The molecule has 0 saturated carbocycles. The van der Waals surface area contributed by atoms with E-state index in [0.29, 0.717) is 12.0 Å². The zero-order valence-corrected chi connectivity index (χ0v) is 10.5. The lowest BCUT2D eigenvalue weighted by molar-refractivity contribution is 0.465. The van der Waals surface area contributed by atoms with Crippen LogP contribution in [0.1, 0.15) is 25.1 Å². The average Bonchev–Trinajstić information content (AvgIpc) is 2.47. The second kappa shape index (κ2) is 5.13.